The quantitative estimate of drug-likeness (QED) is 0.774. The van der Waals surface area contributed by atoms with E-state index in [1.54, 1.807) is 15.5 Å². The van der Waals surface area contributed by atoms with Crippen LogP contribution in [-0.4, -0.2) is 28.7 Å². The Labute approximate surface area is 151 Å². The van der Waals surface area contributed by atoms with Crippen LogP contribution in [0.2, 0.25) is 0 Å². The summed E-state index contributed by atoms with van der Waals surface area (Å²) in [6, 6.07) is 13.1. The number of aromatic nitrogens is 2. The summed E-state index contributed by atoms with van der Waals surface area (Å²) in [5.41, 5.74) is 3.10. The summed E-state index contributed by atoms with van der Waals surface area (Å²) in [7, 11) is 0. The molecule has 1 fully saturated rings. The van der Waals surface area contributed by atoms with Gasteiger partial charge < -0.3 is 5.32 Å². The molecule has 3 aromatic rings. The number of amides is 2. The van der Waals surface area contributed by atoms with Crippen molar-refractivity contribution in [2.75, 3.05) is 18.0 Å². The van der Waals surface area contributed by atoms with Gasteiger partial charge in [-0.05, 0) is 56.2 Å². The third-order valence-corrected chi connectivity index (χ3v) is 4.67. The summed E-state index contributed by atoms with van der Waals surface area (Å²) in [6.45, 7) is 5.15. The van der Waals surface area contributed by atoms with Crippen molar-refractivity contribution < 1.29 is 4.79 Å². The second-order valence-corrected chi connectivity index (χ2v) is 6.58. The molecule has 2 heterocycles. The minimum atomic E-state index is -0.130. The van der Waals surface area contributed by atoms with Crippen LogP contribution in [0.5, 0.6) is 0 Å². The lowest BCUT2D eigenvalue weighted by Crippen LogP contribution is -2.46. The summed E-state index contributed by atoms with van der Waals surface area (Å²) in [4.78, 5) is 31.6. The molecule has 2 aromatic carbocycles. The van der Waals surface area contributed by atoms with Gasteiger partial charge in [-0.15, -0.1) is 0 Å². The number of carbonyl (C=O) groups is 1. The average Bonchev–Trinajstić information content (AvgIpc) is 2.62. The molecule has 0 radical (unpaired) electrons. The fourth-order valence-electron chi connectivity index (χ4n) is 3.40. The Balaban J connectivity index is 1.90. The first-order chi connectivity index (χ1) is 12.5. The predicted octanol–water partition coefficient (Wildman–Crippen LogP) is 2.92. The summed E-state index contributed by atoms with van der Waals surface area (Å²) < 4.78 is 1.62. The molecule has 0 atom stereocenters. The number of rotatable bonds is 2. The number of urea groups is 1. The van der Waals surface area contributed by atoms with Crippen molar-refractivity contribution in [3.05, 3.63) is 64.2 Å². The molecule has 0 spiro atoms. The fraction of sp³-hybridized carbons (Fsp3) is 0.250. The van der Waals surface area contributed by atoms with Crippen LogP contribution in [0.15, 0.2) is 47.3 Å². The van der Waals surface area contributed by atoms with Crippen LogP contribution in [0.3, 0.4) is 0 Å². The standard InChI is InChI=1S/C20H20N4O2/c1-13-5-3-6-16(11-13)24-14(2)22-18-8-7-15(12-17(18)19(24)25)23-10-4-9-21-20(23)26/h3,5-8,11-12H,4,9-10H2,1-2H3,(H,21,26). The zero-order valence-corrected chi connectivity index (χ0v) is 14.8. The summed E-state index contributed by atoms with van der Waals surface area (Å²) in [6.07, 6.45) is 0.878. The van der Waals surface area contributed by atoms with Gasteiger partial charge in [0.05, 0.1) is 16.6 Å². The average molecular weight is 348 g/mol. The highest BCUT2D eigenvalue weighted by atomic mass is 16.2. The zero-order chi connectivity index (χ0) is 18.3. The molecule has 1 saturated heterocycles. The molecule has 1 aliphatic heterocycles. The van der Waals surface area contributed by atoms with E-state index in [1.165, 1.54) is 0 Å². The summed E-state index contributed by atoms with van der Waals surface area (Å²) >= 11 is 0. The molecule has 1 N–H and O–H groups in total. The van der Waals surface area contributed by atoms with Gasteiger partial charge in [0.1, 0.15) is 5.82 Å². The Morgan fingerprint density at radius 2 is 1.88 bits per heavy atom. The van der Waals surface area contributed by atoms with Crippen molar-refractivity contribution in [2.24, 2.45) is 0 Å². The van der Waals surface area contributed by atoms with Crippen molar-refractivity contribution >= 4 is 22.6 Å². The summed E-state index contributed by atoms with van der Waals surface area (Å²) in [5.74, 6) is 0.636. The molecule has 6 heteroatoms. The Kier molecular flexibility index (Phi) is 3.95. The lowest BCUT2D eigenvalue weighted by molar-refractivity contribution is 0.243. The third-order valence-electron chi connectivity index (χ3n) is 4.67. The zero-order valence-electron chi connectivity index (χ0n) is 14.8. The van der Waals surface area contributed by atoms with Crippen LogP contribution in [0.4, 0.5) is 10.5 Å². The number of carbonyl (C=O) groups excluding carboxylic acids is 1. The lowest BCUT2D eigenvalue weighted by Gasteiger charge is -2.27. The first kappa shape index (κ1) is 16.3. The summed E-state index contributed by atoms with van der Waals surface area (Å²) in [5, 5.41) is 3.34. The van der Waals surface area contributed by atoms with Crippen molar-refractivity contribution in [1.82, 2.24) is 14.9 Å². The van der Waals surface area contributed by atoms with Crippen LogP contribution < -0.4 is 15.8 Å². The Morgan fingerprint density at radius 1 is 1.04 bits per heavy atom. The molecule has 0 bridgehead atoms. The first-order valence-electron chi connectivity index (χ1n) is 8.70. The molecule has 0 aliphatic carbocycles. The second-order valence-electron chi connectivity index (χ2n) is 6.58. The van der Waals surface area contributed by atoms with Gasteiger partial charge in [0.15, 0.2) is 0 Å². The smallest absolute Gasteiger partial charge is 0.321 e. The van der Waals surface area contributed by atoms with E-state index in [0.717, 1.165) is 17.7 Å². The predicted molar refractivity (Wildman–Crippen MR) is 102 cm³/mol. The van der Waals surface area contributed by atoms with Crippen LogP contribution in [0.1, 0.15) is 17.8 Å². The first-order valence-corrected chi connectivity index (χ1v) is 8.70. The molecule has 0 unspecified atom stereocenters. The van der Waals surface area contributed by atoms with Gasteiger partial charge >= 0.3 is 6.03 Å². The van der Waals surface area contributed by atoms with E-state index in [-0.39, 0.29) is 11.6 Å². The van der Waals surface area contributed by atoms with Gasteiger partial charge in [0, 0.05) is 18.8 Å². The number of aryl methyl sites for hydroxylation is 2. The van der Waals surface area contributed by atoms with Crippen molar-refractivity contribution in [2.45, 2.75) is 20.3 Å². The van der Waals surface area contributed by atoms with Crippen LogP contribution >= 0.6 is 0 Å². The normalized spacial score (nSPS) is 14.5. The fourth-order valence-corrected chi connectivity index (χ4v) is 3.40. The molecule has 6 nitrogen and oxygen atoms in total. The van der Waals surface area contributed by atoms with Gasteiger partial charge in [-0.2, -0.15) is 0 Å². The topological polar surface area (TPSA) is 67.2 Å². The second kappa shape index (κ2) is 6.29. The van der Waals surface area contributed by atoms with Gasteiger partial charge in [-0.1, -0.05) is 12.1 Å². The van der Waals surface area contributed by atoms with Crippen molar-refractivity contribution in [3.63, 3.8) is 0 Å². The molecular formula is C20H20N4O2. The van der Waals surface area contributed by atoms with Crippen LogP contribution in [-0.2, 0) is 0 Å². The van der Waals surface area contributed by atoms with E-state index in [9.17, 15) is 9.59 Å². The highest BCUT2D eigenvalue weighted by molar-refractivity contribution is 5.95. The highest BCUT2D eigenvalue weighted by Gasteiger charge is 2.20. The number of nitrogens with one attached hydrogen (secondary N) is 1. The SMILES string of the molecule is Cc1cccc(-n2c(C)nc3ccc(N4CCCNC4=O)cc3c2=O)c1. The largest absolute Gasteiger partial charge is 0.338 e. The van der Waals surface area contributed by atoms with Crippen LogP contribution in [0.25, 0.3) is 16.6 Å². The van der Waals surface area contributed by atoms with Gasteiger partial charge in [-0.25, -0.2) is 9.78 Å². The molecule has 1 aromatic heterocycles. The Bertz CT molecular complexity index is 1070. The molecule has 4 rings (SSSR count). The van der Waals surface area contributed by atoms with Gasteiger partial charge in [0.25, 0.3) is 5.56 Å². The molecule has 132 valence electrons. The van der Waals surface area contributed by atoms with E-state index in [2.05, 4.69) is 10.3 Å². The molecule has 0 saturated carbocycles. The maximum absolute atomic E-state index is 13.2. The lowest BCUT2D eigenvalue weighted by atomic mass is 10.1. The molecule has 26 heavy (non-hydrogen) atoms. The monoisotopic (exact) mass is 348 g/mol. The minimum Gasteiger partial charge on any atom is -0.338 e. The van der Waals surface area contributed by atoms with E-state index in [1.807, 2.05) is 50.2 Å². The van der Waals surface area contributed by atoms with Gasteiger partial charge in [0.2, 0.25) is 0 Å². The maximum Gasteiger partial charge on any atom is 0.321 e. The van der Waals surface area contributed by atoms with Gasteiger partial charge in [-0.3, -0.25) is 14.3 Å². The van der Waals surface area contributed by atoms with Crippen molar-refractivity contribution in [1.29, 1.82) is 0 Å². The van der Waals surface area contributed by atoms with E-state index < -0.39 is 0 Å². The number of benzene rings is 2. The molecule has 1 aliphatic rings. The van der Waals surface area contributed by atoms with Crippen molar-refractivity contribution in [3.8, 4) is 5.69 Å². The highest BCUT2D eigenvalue weighted by Crippen LogP contribution is 2.22. The Morgan fingerprint density at radius 3 is 2.65 bits per heavy atom. The molecule has 2 amide bonds. The van der Waals surface area contributed by atoms with Crippen LogP contribution in [0, 0.1) is 13.8 Å². The van der Waals surface area contributed by atoms with E-state index >= 15 is 0 Å². The number of fused-ring (bicyclic) bond motifs is 1. The number of anilines is 1. The van der Waals surface area contributed by atoms with E-state index in [0.29, 0.717) is 35.5 Å². The third kappa shape index (κ3) is 2.73. The number of nitrogens with zero attached hydrogens (tertiary/aromatic N) is 3. The van der Waals surface area contributed by atoms with E-state index in [4.69, 9.17) is 0 Å². The number of hydrogen-bond acceptors (Lipinski definition) is 3. The Hall–Kier alpha value is -3.15. The molecular weight excluding hydrogens is 328 g/mol. The minimum absolute atomic E-state index is 0.127. The maximum atomic E-state index is 13.2. The number of hydrogen-bond donors (Lipinski definition) is 1.